The Labute approximate surface area is 182 Å². The van der Waals surface area contributed by atoms with Crippen LogP contribution in [0.2, 0.25) is 0 Å². The smallest absolute Gasteiger partial charge is 0.243 e. The van der Waals surface area contributed by atoms with Gasteiger partial charge < -0.3 is 10.2 Å². The molecule has 6 nitrogen and oxygen atoms in total. The summed E-state index contributed by atoms with van der Waals surface area (Å²) in [6.07, 6.45) is 9.06. The minimum absolute atomic E-state index is 0.0710. The van der Waals surface area contributed by atoms with E-state index in [9.17, 15) is 13.2 Å². The Morgan fingerprint density at radius 2 is 1.83 bits per heavy atom. The van der Waals surface area contributed by atoms with Crippen molar-refractivity contribution >= 4 is 15.9 Å². The fourth-order valence-corrected chi connectivity index (χ4v) is 6.11. The quantitative estimate of drug-likeness (QED) is 0.580. The number of hydrogen-bond donors (Lipinski definition) is 2. The second-order valence-corrected chi connectivity index (χ2v) is 10.8. The third-order valence-corrected chi connectivity index (χ3v) is 8.51. The van der Waals surface area contributed by atoms with Crippen LogP contribution >= 0.6 is 0 Å². The number of hydrogen-bond acceptors (Lipinski definition) is 3. The molecule has 0 aromatic heterocycles. The highest BCUT2D eigenvalue weighted by Crippen LogP contribution is 2.21. The summed E-state index contributed by atoms with van der Waals surface area (Å²) in [7, 11) is -3.39. The van der Waals surface area contributed by atoms with Gasteiger partial charge in [-0.05, 0) is 63.1 Å². The first kappa shape index (κ1) is 23.2. The number of piperidine rings is 2. The highest BCUT2D eigenvalue weighted by Gasteiger charge is 2.25. The third-order valence-electron chi connectivity index (χ3n) is 6.60. The van der Waals surface area contributed by atoms with Gasteiger partial charge in [0.2, 0.25) is 15.9 Å². The minimum atomic E-state index is -3.39. The molecule has 1 amide bonds. The summed E-state index contributed by atoms with van der Waals surface area (Å²) >= 11 is 0. The zero-order valence-corrected chi connectivity index (χ0v) is 19.2. The van der Waals surface area contributed by atoms with Crippen molar-refractivity contribution in [3.63, 3.8) is 0 Å². The van der Waals surface area contributed by atoms with Crippen LogP contribution in [0.25, 0.3) is 0 Å². The fraction of sp³-hybridized carbons (Fsp3) is 0.696. The molecule has 0 spiro atoms. The van der Waals surface area contributed by atoms with Gasteiger partial charge in [0, 0.05) is 32.5 Å². The molecule has 1 unspecified atom stereocenters. The molecule has 2 saturated heterocycles. The first-order chi connectivity index (χ1) is 14.5. The zero-order valence-electron chi connectivity index (χ0n) is 18.4. The van der Waals surface area contributed by atoms with Gasteiger partial charge in [-0.15, -0.1) is 0 Å². The molecule has 1 aromatic rings. The number of likely N-dealkylation sites (tertiary alicyclic amines) is 1. The van der Waals surface area contributed by atoms with Crippen LogP contribution in [-0.4, -0.2) is 57.4 Å². The Balaban J connectivity index is 1.37. The second kappa shape index (κ2) is 11.3. The normalized spacial score (nSPS) is 23.2. The standard InChI is InChI=1S/C23H37N3O3S/c1-20-8-3-6-16-25(20)17-7-15-24-23(27)14-11-21-9-12-22(13-10-21)30(28,29)26-18-4-2-5-19-26/h9-10,12-13,20H,2-8,11,14-19H2,1H3,(H,24,27)/p+1/t20-/m1/s1. The van der Waals surface area contributed by atoms with Gasteiger partial charge >= 0.3 is 0 Å². The highest BCUT2D eigenvalue weighted by atomic mass is 32.2. The lowest BCUT2D eigenvalue weighted by Crippen LogP contribution is -3.16. The SMILES string of the molecule is C[C@@H]1CCCC[NH+]1CCCNC(=O)CCc1ccc(S(=O)(=O)N2CCCCC2)cc1. The van der Waals surface area contributed by atoms with Crippen LogP contribution in [0, 0.1) is 0 Å². The molecule has 168 valence electrons. The van der Waals surface area contributed by atoms with E-state index in [2.05, 4.69) is 12.2 Å². The summed E-state index contributed by atoms with van der Waals surface area (Å²) in [4.78, 5) is 14.2. The first-order valence-electron chi connectivity index (χ1n) is 11.7. The molecule has 2 atom stereocenters. The predicted molar refractivity (Wildman–Crippen MR) is 119 cm³/mol. The highest BCUT2D eigenvalue weighted by molar-refractivity contribution is 7.89. The molecule has 1 aromatic carbocycles. The maximum atomic E-state index is 12.7. The van der Waals surface area contributed by atoms with Crippen LogP contribution in [-0.2, 0) is 21.2 Å². The van der Waals surface area contributed by atoms with Gasteiger partial charge in [-0.2, -0.15) is 4.31 Å². The summed E-state index contributed by atoms with van der Waals surface area (Å²) in [6, 6.07) is 7.78. The summed E-state index contributed by atoms with van der Waals surface area (Å²) in [5.41, 5.74) is 0.995. The van der Waals surface area contributed by atoms with E-state index < -0.39 is 10.0 Å². The molecule has 7 heteroatoms. The molecule has 3 rings (SSSR count). The number of nitrogens with one attached hydrogen (secondary N) is 2. The molecular weight excluding hydrogens is 398 g/mol. The monoisotopic (exact) mass is 436 g/mol. The lowest BCUT2D eigenvalue weighted by atomic mass is 10.0. The van der Waals surface area contributed by atoms with E-state index in [-0.39, 0.29) is 5.91 Å². The Kier molecular flexibility index (Phi) is 8.72. The van der Waals surface area contributed by atoms with Crippen LogP contribution in [0.1, 0.15) is 63.9 Å². The molecule has 2 N–H and O–H groups in total. The maximum absolute atomic E-state index is 12.7. The maximum Gasteiger partial charge on any atom is 0.243 e. The molecule has 0 radical (unpaired) electrons. The summed E-state index contributed by atoms with van der Waals surface area (Å²) in [5, 5.41) is 3.03. The Morgan fingerprint density at radius 3 is 2.53 bits per heavy atom. The average Bonchev–Trinajstić information content (AvgIpc) is 2.77. The van der Waals surface area contributed by atoms with Gasteiger partial charge in [0.25, 0.3) is 0 Å². The Hall–Kier alpha value is -1.44. The van der Waals surface area contributed by atoms with E-state index in [1.807, 2.05) is 12.1 Å². The van der Waals surface area contributed by atoms with E-state index in [1.165, 1.54) is 25.8 Å². The predicted octanol–water partition coefficient (Wildman–Crippen LogP) is 1.76. The largest absolute Gasteiger partial charge is 0.356 e. The lowest BCUT2D eigenvalue weighted by Gasteiger charge is -2.30. The minimum Gasteiger partial charge on any atom is -0.356 e. The van der Waals surface area contributed by atoms with Gasteiger partial charge in [-0.3, -0.25) is 4.79 Å². The van der Waals surface area contributed by atoms with E-state index in [0.717, 1.165) is 50.4 Å². The molecule has 0 aliphatic carbocycles. The van der Waals surface area contributed by atoms with Crippen LogP contribution in [0.4, 0.5) is 0 Å². The van der Waals surface area contributed by atoms with Gasteiger partial charge in [-0.1, -0.05) is 18.6 Å². The number of carbonyl (C=O) groups is 1. The molecule has 0 bridgehead atoms. The Bertz CT molecular complexity index is 773. The lowest BCUT2D eigenvalue weighted by molar-refractivity contribution is -0.928. The van der Waals surface area contributed by atoms with E-state index in [4.69, 9.17) is 0 Å². The van der Waals surface area contributed by atoms with Crippen LogP contribution in [0.15, 0.2) is 29.2 Å². The topological polar surface area (TPSA) is 70.9 Å². The molecule has 0 saturated carbocycles. The average molecular weight is 437 g/mol. The molecule has 2 aliphatic heterocycles. The van der Waals surface area contributed by atoms with E-state index in [0.29, 0.717) is 30.8 Å². The molecule has 2 fully saturated rings. The second-order valence-electron chi connectivity index (χ2n) is 8.87. The Morgan fingerprint density at radius 1 is 1.10 bits per heavy atom. The molecule has 2 heterocycles. The van der Waals surface area contributed by atoms with Gasteiger partial charge in [0.05, 0.1) is 24.0 Å². The summed E-state index contributed by atoms with van der Waals surface area (Å²) < 4.78 is 27.0. The molecular formula is C23H38N3O3S+. The van der Waals surface area contributed by atoms with Crippen molar-refractivity contribution in [2.24, 2.45) is 0 Å². The van der Waals surface area contributed by atoms with Crippen molar-refractivity contribution < 1.29 is 18.1 Å². The van der Waals surface area contributed by atoms with Gasteiger partial charge in [0.15, 0.2) is 0 Å². The van der Waals surface area contributed by atoms with Crippen molar-refractivity contribution in [2.45, 2.75) is 75.6 Å². The number of benzene rings is 1. The van der Waals surface area contributed by atoms with Crippen LogP contribution < -0.4 is 10.2 Å². The molecule has 2 aliphatic rings. The summed E-state index contributed by atoms with van der Waals surface area (Å²) in [5.74, 6) is 0.0710. The van der Waals surface area contributed by atoms with E-state index >= 15 is 0 Å². The molecule has 30 heavy (non-hydrogen) atoms. The van der Waals surface area contributed by atoms with Crippen molar-refractivity contribution in [1.29, 1.82) is 0 Å². The van der Waals surface area contributed by atoms with Crippen LogP contribution in [0.5, 0.6) is 0 Å². The number of quaternary nitrogens is 1. The first-order valence-corrected chi connectivity index (χ1v) is 13.1. The summed E-state index contributed by atoms with van der Waals surface area (Å²) in [6.45, 7) is 6.69. The van der Waals surface area contributed by atoms with Crippen molar-refractivity contribution in [3.05, 3.63) is 29.8 Å². The fourth-order valence-electron chi connectivity index (χ4n) is 4.60. The number of sulfonamides is 1. The van der Waals surface area contributed by atoms with E-state index in [1.54, 1.807) is 21.3 Å². The van der Waals surface area contributed by atoms with Gasteiger partial charge in [0.1, 0.15) is 0 Å². The number of carbonyl (C=O) groups excluding carboxylic acids is 1. The van der Waals surface area contributed by atoms with Crippen molar-refractivity contribution in [3.8, 4) is 0 Å². The number of aryl methyl sites for hydroxylation is 1. The third kappa shape index (κ3) is 6.53. The van der Waals surface area contributed by atoms with Crippen molar-refractivity contribution in [1.82, 2.24) is 9.62 Å². The number of amides is 1. The number of rotatable bonds is 9. The zero-order chi connectivity index (χ0) is 21.4. The number of nitrogens with zero attached hydrogens (tertiary/aromatic N) is 1. The van der Waals surface area contributed by atoms with Crippen molar-refractivity contribution in [2.75, 3.05) is 32.7 Å². The van der Waals surface area contributed by atoms with Gasteiger partial charge in [-0.25, -0.2) is 8.42 Å². The van der Waals surface area contributed by atoms with Crippen LogP contribution in [0.3, 0.4) is 0 Å².